The van der Waals surface area contributed by atoms with Crippen LogP contribution in [0.1, 0.15) is 16.8 Å². The average Bonchev–Trinajstić information content (AvgIpc) is 2.49. The molecule has 0 spiro atoms. The zero-order chi connectivity index (χ0) is 13.9. The topological polar surface area (TPSA) is 49.6 Å². The van der Waals surface area contributed by atoms with Crippen molar-refractivity contribution in [3.8, 4) is 0 Å². The molecule has 0 aliphatic rings. The van der Waals surface area contributed by atoms with Crippen molar-refractivity contribution in [1.82, 2.24) is 9.97 Å². The van der Waals surface area contributed by atoms with Gasteiger partial charge in [0.1, 0.15) is 0 Å². The zero-order valence-corrected chi connectivity index (χ0v) is 14.8. The first-order chi connectivity index (χ1) is 9.74. The van der Waals surface area contributed by atoms with Crippen LogP contribution in [-0.2, 0) is 45.6 Å². The van der Waals surface area contributed by atoms with E-state index in [0.29, 0.717) is 5.82 Å². The number of nitrogens with one attached hydrogen (secondary N) is 1. The SMILES string of the molecule is Cc1ccc(CCc2cnc([NH-])c3ccccc23)cn1.[Y]. The molecule has 0 saturated heterocycles. The summed E-state index contributed by atoms with van der Waals surface area (Å²) in [6.45, 7) is 1.99. The van der Waals surface area contributed by atoms with E-state index in [1.165, 1.54) is 11.1 Å². The van der Waals surface area contributed by atoms with Crippen molar-refractivity contribution in [3.05, 3.63) is 71.3 Å². The molecule has 0 aliphatic carbocycles. The van der Waals surface area contributed by atoms with Gasteiger partial charge < -0.3 is 10.7 Å². The van der Waals surface area contributed by atoms with Gasteiger partial charge in [0, 0.05) is 44.6 Å². The minimum Gasteiger partial charge on any atom is -0.482 e. The second-order valence-electron chi connectivity index (χ2n) is 4.99. The zero-order valence-electron chi connectivity index (χ0n) is 12.0. The quantitative estimate of drug-likeness (QED) is 0.702. The maximum atomic E-state index is 7.86. The molecule has 4 heteroatoms. The van der Waals surface area contributed by atoms with E-state index in [9.17, 15) is 0 Å². The third-order valence-corrected chi connectivity index (χ3v) is 3.53. The Morgan fingerprint density at radius 2 is 1.67 bits per heavy atom. The first-order valence-electron chi connectivity index (χ1n) is 6.74. The molecule has 0 aliphatic heterocycles. The molecule has 1 radical (unpaired) electrons. The molecule has 21 heavy (non-hydrogen) atoms. The van der Waals surface area contributed by atoms with Crippen LogP contribution in [0.25, 0.3) is 16.5 Å². The number of aromatic nitrogens is 2. The minimum absolute atomic E-state index is 0. The van der Waals surface area contributed by atoms with Gasteiger partial charge in [0.15, 0.2) is 0 Å². The van der Waals surface area contributed by atoms with Gasteiger partial charge in [0.2, 0.25) is 0 Å². The van der Waals surface area contributed by atoms with Crippen LogP contribution in [0.4, 0.5) is 5.82 Å². The third-order valence-electron chi connectivity index (χ3n) is 3.53. The average molecular weight is 351 g/mol. The maximum absolute atomic E-state index is 7.86. The first-order valence-corrected chi connectivity index (χ1v) is 6.74. The van der Waals surface area contributed by atoms with Crippen molar-refractivity contribution in [2.24, 2.45) is 0 Å². The Hall–Kier alpha value is -1.32. The van der Waals surface area contributed by atoms with Crippen molar-refractivity contribution < 1.29 is 32.7 Å². The summed E-state index contributed by atoms with van der Waals surface area (Å²) in [5.74, 6) is 0.348. The fourth-order valence-corrected chi connectivity index (χ4v) is 2.38. The van der Waals surface area contributed by atoms with E-state index in [1.807, 2.05) is 43.6 Å². The van der Waals surface area contributed by atoms with Crippen LogP contribution >= 0.6 is 0 Å². The van der Waals surface area contributed by atoms with E-state index in [-0.39, 0.29) is 32.7 Å². The number of benzene rings is 1. The van der Waals surface area contributed by atoms with Crippen molar-refractivity contribution >= 4 is 16.6 Å². The van der Waals surface area contributed by atoms with Crippen molar-refractivity contribution in [2.45, 2.75) is 19.8 Å². The Morgan fingerprint density at radius 3 is 2.38 bits per heavy atom. The van der Waals surface area contributed by atoms with Gasteiger partial charge in [-0.3, -0.25) is 4.98 Å². The predicted octanol–water partition coefficient (Wildman–Crippen LogP) is 4.40. The smallest absolute Gasteiger partial charge is 0.0372 e. The van der Waals surface area contributed by atoms with Gasteiger partial charge in [-0.05, 0) is 47.7 Å². The number of nitrogens with zero attached hydrogens (tertiary/aromatic N) is 2. The number of aryl methyl sites for hydroxylation is 3. The molecule has 0 unspecified atom stereocenters. The summed E-state index contributed by atoms with van der Waals surface area (Å²) in [6.07, 6.45) is 5.62. The summed E-state index contributed by atoms with van der Waals surface area (Å²) in [5, 5.41) is 2.06. The van der Waals surface area contributed by atoms with Crippen molar-refractivity contribution in [1.29, 1.82) is 0 Å². The standard InChI is InChI=1S/C17H16N3.Y/c1-12-6-7-13(10-19-12)8-9-14-11-20-17(18)16-5-3-2-4-15(14)16;/h2-7,10-11H,8-9H2,1H3,(H-,18,20);/q-1;. The molecular weight excluding hydrogens is 335 g/mol. The summed E-state index contributed by atoms with van der Waals surface area (Å²) < 4.78 is 0. The van der Waals surface area contributed by atoms with Gasteiger partial charge >= 0.3 is 0 Å². The van der Waals surface area contributed by atoms with Gasteiger partial charge in [0.05, 0.1) is 0 Å². The fourth-order valence-electron chi connectivity index (χ4n) is 2.38. The van der Waals surface area contributed by atoms with Gasteiger partial charge in [-0.25, -0.2) is 0 Å². The summed E-state index contributed by atoms with van der Waals surface area (Å²) in [5.41, 5.74) is 11.3. The molecule has 2 aromatic heterocycles. The Balaban J connectivity index is 0.00000161. The summed E-state index contributed by atoms with van der Waals surface area (Å²) >= 11 is 0. The number of fused-ring (bicyclic) bond motifs is 1. The molecule has 1 aromatic carbocycles. The Bertz CT molecular complexity index is 739. The Kier molecular flexibility index (Phi) is 5.43. The molecule has 1 N–H and O–H groups in total. The Morgan fingerprint density at radius 1 is 0.905 bits per heavy atom. The normalized spacial score (nSPS) is 10.3. The molecule has 3 aromatic rings. The number of hydrogen-bond acceptors (Lipinski definition) is 2. The van der Waals surface area contributed by atoms with E-state index < -0.39 is 0 Å². The molecule has 0 fully saturated rings. The summed E-state index contributed by atoms with van der Waals surface area (Å²) in [7, 11) is 0. The summed E-state index contributed by atoms with van der Waals surface area (Å²) in [4.78, 5) is 8.51. The van der Waals surface area contributed by atoms with E-state index in [0.717, 1.165) is 29.3 Å². The van der Waals surface area contributed by atoms with Crippen molar-refractivity contribution in [3.63, 3.8) is 0 Å². The van der Waals surface area contributed by atoms with Crippen LogP contribution in [0.3, 0.4) is 0 Å². The molecule has 103 valence electrons. The van der Waals surface area contributed by atoms with Gasteiger partial charge in [0.25, 0.3) is 0 Å². The molecule has 2 heterocycles. The molecule has 3 nitrogen and oxygen atoms in total. The van der Waals surface area contributed by atoms with E-state index in [4.69, 9.17) is 5.73 Å². The maximum Gasteiger partial charge on any atom is 0.0372 e. The van der Waals surface area contributed by atoms with Crippen LogP contribution in [0.15, 0.2) is 48.8 Å². The summed E-state index contributed by atoms with van der Waals surface area (Å²) in [6, 6.07) is 12.2. The van der Waals surface area contributed by atoms with Crippen LogP contribution in [-0.4, -0.2) is 9.97 Å². The monoisotopic (exact) mass is 351 g/mol. The van der Waals surface area contributed by atoms with E-state index in [1.54, 1.807) is 0 Å². The van der Waals surface area contributed by atoms with Gasteiger partial charge in [-0.1, -0.05) is 42.3 Å². The molecule has 0 atom stereocenters. The largest absolute Gasteiger partial charge is 0.482 e. The fraction of sp³-hybridized carbons (Fsp3) is 0.176. The van der Waals surface area contributed by atoms with Crippen LogP contribution in [0, 0.1) is 6.92 Å². The second kappa shape index (κ2) is 7.10. The molecule has 0 saturated carbocycles. The molecule has 0 amide bonds. The predicted molar refractivity (Wildman–Crippen MR) is 82.1 cm³/mol. The van der Waals surface area contributed by atoms with Gasteiger partial charge in [-0.15, -0.1) is 0 Å². The molecule has 3 rings (SSSR count). The molecule has 0 bridgehead atoms. The van der Waals surface area contributed by atoms with E-state index >= 15 is 0 Å². The number of rotatable bonds is 3. The third kappa shape index (κ3) is 3.66. The first kappa shape index (κ1) is 16.1. The van der Waals surface area contributed by atoms with Crippen LogP contribution in [0.2, 0.25) is 0 Å². The van der Waals surface area contributed by atoms with Crippen molar-refractivity contribution in [2.75, 3.05) is 0 Å². The molecular formula is C17H16N3Y-. The number of pyridine rings is 2. The van der Waals surface area contributed by atoms with Crippen LogP contribution < -0.4 is 0 Å². The van der Waals surface area contributed by atoms with Gasteiger partial charge in [-0.2, -0.15) is 0 Å². The van der Waals surface area contributed by atoms with Crippen LogP contribution in [0.5, 0.6) is 0 Å². The number of hydrogen-bond donors (Lipinski definition) is 0. The Labute approximate surface area is 149 Å². The van der Waals surface area contributed by atoms with E-state index in [2.05, 4.69) is 22.1 Å². The second-order valence-corrected chi connectivity index (χ2v) is 4.99. The minimum atomic E-state index is 0.